The molecule has 5 nitrogen and oxygen atoms in total. The third kappa shape index (κ3) is 5.89. The van der Waals surface area contributed by atoms with Crippen LogP contribution in [0.25, 0.3) is 0 Å². The molecular weight excluding hydrogens is 234 g/mol. The fourth-order valence-electron chi connectivity index (χ4n) is 1.39. The van der Waals surface area contributed by atoms with Crippen LogP contribution >= 0.6 is 0 Å². The summed E-state index contributed by atoms with van der Waals surface area (Å²) in [5, 5.41) is 10.7. The Labute approximate surface area is 106 Å². The van der Waals surface area contributed by atoms with Crippen molar-refractivity contribution in [1.82, 2.24) is 5.32 Å². The van der Waals surface area contributed by atoms with Crippen molar-refractivity contribution in [3.8, 4) is 5.75 Å². The number of rotatable bonds is 7. The van der Waals surface area contributed by atoms with E-state index in [4.69, 9.17) is 9.84 Å². The number of hydrogen-bond donors (Lipinski definition) is 2. The predicted molar refractivity (Wildman–Crippen MR) is 66.6 cm³/mol. The van der Waals surface area contributed by atoms with Gasteiger partial charge in [-0.25, -0.2) is 0 Å². The van der Waals surface area contributed by atoms with E-state index in [9.17, 15) is 9.59 Å². The van der Waals surface area contributed by atoms with Crippen LogP contribution in [0.15, 0.2) is 24.3 Å². The van der Waals surface area contributed by atoms with Gasteiger partial charge < -0.3 is 15.2 Å². The third-order valence-corrected chi connectivity index (χ3v) is 2.24. The molecule has 0 atom stereocenters. The summed E-state index contributed by atoms with van der Waals surface area (Å²) in [6, 6.07) is 7.67. The van der Waals surface area contributed by atoms with Crippen LogP contribution in [0.4, 0.5) is 0 Å². The number of aliphatic carboxylic acids is 1. The molecule has 0 fully saturated rings. The lowest BCUT2D eigenvalue weighted by atomic mass is 10.2. The summed E-state index contributed by atoms with van der Waals surface area (Å²) in [4.78, 5) is 21.4. The largest absolute Gasteiger partial charge is 0.494 e. The second kappa shape index (κ2) is 7.32. The molecule has 18 heavy (non-hydrogen) atoms. The number of amides is 1. The number of hydrogen-bond acceptors (Lipinski definition) is 3. The Balaban J connectivity index is 2.15. The van der Waals surface area contributed by atoms with Crippen molar-refractivity contribution in [2.75, 3.05) is 13.2 Å². The van der Waals surface area contributed by atoms with Crippen LogP contribution in [0.3, 0.4) is 0 Å². The van der Waals surface area contributed by atoms with Crippen molar-refractivity contribution in [1.29, 1.82) is 0 Å². The Morgan fingerprint density at radius 1 is 1.39 bits per heavy atom. The van der Waals surface area contributed by atoms with Crippen LogP contribution in [0, 0.1) is 6.92 Å². The van der Waals surface area contributed by atoms with Gasteiger partial charge >= 0.3 is 5.97 Å². The Morgan fingerprint density at radius 2 is 2.17 bits per heavy atom. The molecule has 5 heteroatoms. The minimum Gasteiger partial charge on any atom is -0.494 e. The summed E-state index contributed by atoms with van der Waals surface area (Å²) in [6.07, 6.45) is 0.818. The summed E-state index contributed by atoms with van der Waals surface area (Å²) < 4.78 is 5.47. The zero-order chi connectivity index (χ0) is 13.4. The third-order valence-electron chi connectivity index (χ3n) is 2.24. The molecule has 0 saturated carbocycles. The van der Waals surface area contributed by atoms with Gasteiger partial charge in [0.1, 0.15) is 12.3 Å². The van der Waals surface area contributed by atoms with Gasteiger partial charge in [0.2, 0.25) is 5.91 Å². The maximum Gasteiger partial charge on any atom is 0.322 e. The normalized spacial score (nSPS) is 9.83. The van der Waals surface area contributed by atoms with Gasteiger partial charge in [-0.1, -0.05) is 12.1 Å². The van der Waals surface area contributed by atoms with E-state index in [1.165, 1.54) is 0 Å². The molecule has 0 bridgehead atoms. The molecule has 0 saturated heterocycles. The molecule has 1 amide bonds. The molecule has 0 aromatic heterocycles. The Bertz CT molecular complexity index is 417. The van der Waals surface area contributed by atoms with Crippen molar-refractivity contribution >= 4 is 11.9 Å². The number of aryl methyl sites for hydroxylation is 1. The van der Waals surface area contributed by atoms with E-state index in [1.807, 2.05) is 31.2 Å². The van der Waals surface area contributed by atoms with Crippen LogP contribution < -0.4 is 10.1 Å². The van der Waals surface area contributed by atoms with Crippen LogP contribution in [0.1, 0.15) is 18.4 Å². The summed E-state index contributed by atoms with van der Waals surface area (Å²) in [5.41, 5.74) is 1.12. The molecule has 98 valence electrons. The van der Waals surface area contributed by atoms with E-state index in [1.54, 1.807) is 0 Å². The lowest BCUT2D eigenvalue weighted by molar-refractivity contribution is -0.137. The maximum absolute atomic E-state index is 11.2. The molecule has 1 aromatic rings. The maximum atomic E-state index is 11.2. The Morgan fingerprint density at radius 3 is 2.83 bits per heavy atom. The molecule has 0 heterocycles. The summed E-state index contributed by atoms with van der Waals surface area (Å²) >= 11 is 0. The second-order valence-corrected chi connectivity index (χ2v) is 3.94. The van der Waals surface area contributed by atoms with E-state index >= 15 is 0 Å². The van der Waals surface area contributed by atoms with E-state index in [0.717, 1.165) is 11.3 Å². The number of carbonyl (C=O) groups excluding carboxylic acids is 1. The molecule has 0 aliphatic rings. The van der Waals surface area contributed by atoms with Crippen molar-refractivity contribution in [2.24, 2.45) is 0 Å². The highest BCUT2D eigenvalue weighted by Gasteiger charge is 2.03. The minimum atomic E-state index is -1.04. The highest BCUT2D eigenvalue weighted by molar-refractivity contribution is 5.80. The van der Waals surface area contributed by atoms with Gasteiger partial charge in [0.15, 0.2) is 0 Å². The molecule has 0 aliphatic carbocycles. The first-order valence-electron chi connectivity index (χ1n) is 5.76. The first kappa shape index (κ1) is 14.0. The van der Waals surface area contributed by atoms with Gasteiger partial charge in [0.05, 0.1) is 6.61 Å². The van der Waals surface area contributed by atoms with Crippen molar-refractivity contribution in [3.63, 3.8) is 0 Å². The monoisotopic (exact) mass is 251 g/mol. The first-order chi connectivity index (χ1) is 8.58. The number of carbonyl (C=O) groups is 2. The topological polar surface area (TPSA) is 75.6 Å². The van der Waals surface area contributed by atoms with Crippen LogP contribution in [0.2, 0.25) is 0 Å². The molecule has 0 aliphatic heterocycles. The molecule has 0 unspecified atom stereocenters. The van der Waals surface area contributed by atoms with Crippen LogP contribution in [0.5, 0.6) is 5.75 Å². The SMILES string of the molecule is Cc1cccc(OCCCC(=O)NCC(=O)O)c1. The van der Waals surface area contributed by atoms with Crippen LogP contribution in [-0.4, -0.2) is 30.1 Å². The first-order valence-corrected chi connectivity index (χ1v) is 5.76. The van der Waals surface area contributed by atoms with Gasteiger partial charge in [0, 0.05) is 6.42 Å². The summed E-state index contributed by atoms with van der Waals surface area (Å²) in [7, 11) is 0. The average Bonchev–Trinajstić information content (AvgIpc) is 2.32. The quantitative estimate of drug-likeness (QED) is 0.717. The van der Waals surface area contributed by atoms with Crippen molar-refractivity contribution in [3.05, 3.63) is 29.8 Å². The number of ether oxygens (including phenoxy) is 1. The number of carboxylic acids is 1. The molecule has 2 N–H and O–H groups in total. The Kier molecular flexibility index (Phi) is 5.70. The smallest absolute Gasteiger partial charge is 0.322 e. The van der Waals surface area contributed by atoms with E-state index in [-0.39, 0.29) is 18.9 Å². The second-order valence-electron chi connectivity index (χ2n) is 3.94. The highest BCUT2D eigenvalue weighted by Crippen LogP contribution is 2.12. The van der Waals surface area contributed by atoms with Crippen LogP contribution in [-0.2, 0) is 9.59 Å². The van der Waals surface area contributed by atoms with E-state index < -0.39 is 5.97 Å². The highest BCUT2D eigenvalue weighted by atomic mass is 16.5. The molecule has 0 radical (unpaired) electrons. The van der Waals surface area contributed by atoms with Crippen molar-refractivity contribution in [2.45, 2.75) is 19.8 Å². The summed E-state index contributed by atoms with van der Waals surface area (Å²) in [6.45, 7) is 2.08. The lowest BCUT2D eigenvalue weighted by Crippen LogP contribution is -2.29. The van der Waals surface area contributed by atoms with Crippen molar-refractivity contribution < 1.29 is 19.4 Å². The van der Waals surface area contributed by atoms with Gasteiger partial charge in [0.25, 0.3) is 0 Å². The standard InChI is InChI=1S/C13H17NO4/c1-10-4-2-5-11(8-10)18-7-3-6-12(15)14-9-13(16)17/h2,4-5,8H,3,6-7,9H2,1H3,(H,14,15)(H,16,17). The molecule has 0 spiro atoms. The molecule has 1 aromatic carbocycles. The summed E-state index contributed by atoms with van der Waals surface area (Å²) in [5.74, 6) is -0.537. The zero-order valence-electron chi connectivity index (χ0n) is 10.3. The fraction of sp³-hybridized carbons (Fsp3) is 0.385. The van der Waals surface area contributed by atoms with E-state index in [0.29, 0.717) is 13.0 Å². The zero-order valence-corrected chi connectivity index (χ0v) is 10.3. The van der Waals surface area contributed by atoms with E-state index in [2.05, 4.69) is 5.32 Å². The van der Waals surface area contributed by atoms with Gasteiger partial charge in [-0.05, 0) is 31.0 Å². The molecule has 1 rings (SSSR count). The number of benzene rings is 1. The fourth-order valence-corrected chi connectivity index (χ4v) is 1.39. The number of carboxylic acid groups (broad SMARTS) is 1. The number of nitrogens with one attached hydrogen (secondary N) is 1. The minimum absolute atomic E-state index is 0.263. The average molecular weight is 251 g/mol. The lowest BCUT2D eigenvalue weighted by Gasteiger charge is -2.06. The predicted octanol–water partition coefficient (Wildman–Crippen LogP) is 1.35. The molecular formula is C13H17NO4. The van der Waals surface area contributed by atoms with Gasteiger partial charge in [-0.2, -0.15) is 0 Å². The van der Waals surface area contributed by atoms with Gasteiger partial charge in [-0.15, -0.1) is 0 Å². The Hall–Kier alpha value is -2.04. The van der Waals surface area contributed by atoms with Gasteiger partial charge in [-0.3, -0.25) is 9.59 Å².